The van der Waals surface area contributed by atoms with E-state index >= 15 is 0 Å². The molecule has 3 aliphatic rings. The highest BCUT2D eigenvalue weighted by molar-refractivity contribution is 5.94. The van der Waals surface area contributed by atoms with Gasteiger partial charge in [-0.3, -0.25) is 14.4 Å². The fourth-order valence-corrected chi connectivity index (χ4v) is 4.90. The van der Waals surface area contributed by atoms with Crippen LogP contribution in [0.4, 0.5) is 0 Å². The van der Waals surface area contributed by atoms with Crippen LogP contribution < -0.4 is 10.9 Å². The van der Waals surface area contributed by atoms with E-state index in [4.69, 9.17) is 0 Å². The molecule has 2 amide bonds. The van der Waals surface area contributed by atoms with Gasteiger partial charge in [-0.2, -0.15) is 0 Å². The third-order valence-electron chi connectivity index (χ3n) is 6.35. The Kier molecular flexibility index (Phi) is 5.04. The Bertz CT molecular complexity index is 803. The number of nitrogens with one attached hydrogen (secondary N) is 2. The van der Waals surface area contributed by atoms with Crippen molar-refractivity contribution in [2.45, 2.75) is 44.6 Å². The highest BCUT2D eigenvalue weighted by atomic mass is 16.2. The summed E-state index contributed by atoms with van der Waals surface area (Å²) in [7, 11) is 1.89. The normalized spacial score (nSPS) is 24.7. The summed E-state index contributed by atoms with van der Waals surface area (Å²) in [5, 5.41) is 3.11. The second kappa shape index (κ2) is 7.46. The predicted octanol–water partition coefficient (Wildman–Crippen LogP) is 0.536. The molecule has 27 heavy (non-hydrogen) atoms. The fraction of sp³-hybridized carbons (Fsp3) is 0.650. The molecule has 0 spiro atoms. The molecule has 0 radical (unpaired) electrons. The summed E-state index contributed by atoms with van der Waals surface area (Å²) in [5.74, 6) is 0.357. The molecule has 2 saturated heterocycles. The first-order valence-electron chi connectivity index (χ1n) is 10.1. The Morgan fingerprint density at radius 3 is 2.93 bits per heavy atom. The molecule has 7 nitrogen and oxygen atoms in total. The number of amides is 2. The molecule has 2 N–H and O–H groups in total. The Labute approximate surface area is 159 Å². The molecule has 0 aromatic carbocycles. The van der Waals surface area contributed by atoms with Gasteiger partial charge in [-0.1, -0.05) is 0 Å². The highest BCUT2D eigenvalue weighted by Gasteiger charge is 2.40. The van der Waals surface area contributed by atoms with E-state index in [0.29, 0.717) is 25.4 Å². The molecule has 4 rings (SSSR count). The number of rotatable bonds is 4. The molecular weight excluding hydrogens is 344 g/mol. The van der Waals surface area contributed by atoms with Crippen LogP contribution in [0, 0.1) is 5.92 Å². The number of piperidine rings is 2. The first kappa shape index (κ1) is 18.2. The van der Waals surface area contributed by atoms with Gasteiger partial charge in [0.05, 0.1) is 0 Å². The number of likely N-dealkylation sites (tertiary alicyclic amines) is 2. The van der Waals surface area contributed by atoms with Gasteiger partial charge in [0, 0.05) is 44.3 Å². The van der Waals surface area contributed by atoms with E-state index in [1.54, 1.807) is 6.07 Å². The molecule has 0 unspecified atom stereocenters. The third kappa shape index (κ3) is 3.40. The smallest absolute Gasteiger partial charge is 0.261 e. The number of H-pyrrole nitrogens is 1. The van der Waals surface area contributed by atoms with Gasteiger partial charge < -0.3 is 20.1 Å². The van der Waals surface area contributed by atoms with Gasteiger partial charge in [0.2, 0.25) is 5.91 Å². The van der Waals surface area contributed by atoms with Gasteiger partial charge in [-0.25, -0.2) is 0 Å². The lowest BCUT2D eigenvalue weighted by molar-refractivity contribution is -0.140. The number of likely N-dealkylation sites (N-methyl/N-ethyl adjacent to an activating group) is 1. The molecule has 0 bridgehead atoms. The average Bonchev–Trinajstić information content (AvgIpc) is 3.13. The zero-order valence-electron chi connectivity index (χ0n) is 15.9. The lowest BCUT2D eigenvalue weighted by atomic mass is 9.83. The molecule has 2 atom stereocenters. The fourth-order valence-electron chi connectivity index (χ4n) is 4.90. The molecule has 3 heterocycles. The van der Waals surface area contributed by atoms with Crippen molar-refractivity contribution in [3.8, 4) is 0 Å². The number of aromatic nitrogens is 1. The van der Waals surface area contributed by atoms with Crippen LogP contribution in [0.1, 0.15) is 47.3 Å². The second-order valence-corrected chi connectivity index (χ2v) is 7.97. The van der Waals surface area contributed by atoms with Crippen molar-refractivity contribution in [2.75, 3.05) is 33.2 Å². The zero-order chi connectivity index (χ0) is 19.0. The van der Waals surface area contributed by atoms with Crippen LogP contribution >= 0.6 is 0 Å². The van der Waals surface area contributed by atoms with Crippen molar-refractivity contribution >= 4 is 11.8 Å². The molecule has 7 heteroatoms. The Balaban J connectivity index is 1.49. The summed E-state index contributed by atoms with van der Waals surface area (Å²) in [4.78, 5) is 44.5. The van der Waals surface area contributed by atoms with E-state index in [2.05, 4.69) is 10.3 Å². The summed E-state index contributed by atoms with van der Waals surface area (Å²) < 4.78 is 0. The monoisotopic (exact) mass is 372 g/mol. The van der Waals surface area contributed by atoms with Crippen molar-refractivity contribution in [1.29, 1.82) is 0 Å². The van der Waals surface area contributed by atoms with Crippen LogP contribution in [0.15, 0.2) is 10.9 Å². The molecule has 0 saturated carbocycles. The number of hydrogen-bond acceptors (Lipinski definition) is 4. The van der Waals surface area contributed by atoms with E-state index in [1.807, 2.05) is 16.8 Å². The van der Waals surface area contributed by atoms with Crippen molar-refractivity contribution in [1.82, 2.24) is 20.1 Å². The lowest BCUT2D eigenvalue weighted by Gasteiger charge is -2.47. The molecule has 1 aromatic heterocycles. The number of fused-ring (bicyclic) bond motifs is 2. The second-order valence-electron chi connectivity index (χ2n) is 7.97. The molecule has 2 aliphatic heterocycles. The van der Waals surface area contributed by atoms with Gasteiger partial charge in [-0.15, -0.1) is 0 Å². The largest absolute Gasteiger partial charge is 0.338 e. The van der Waals surface area contributed by atoms with Gasteiger partial charge >= 0.3 is 0 Å². The van der Waals surface area contributed by atoms with Crippen molar-refractivity contribution in [2.24, 2.45) is 5.92 Å². The minimum Gasteiger partial charge on any atom is -0.338 e. The number of aryl methyl sites for hydroxylation is 2. The lowest BCUT2D eigenvalue weighted by Crippen LogP contribution is -2.58. The van der Waals surface area contributed by atoms with Crippen LogP contribution in [-0.4, -0.2) is 65.9 Å². The van der Waals surface area contributed by atoms with Gasteiger partial charge in [0.25, 0.3) is 11.5 Å². The minimum absolute atomic E-state index is 0.164. The predicted molar refractivity (Wildman–Crippen MR) is 102 cm³/mol. The standard InChI is InChI=1S/C20H28N4O3/c1-21-8-10-24-17-7-9-23(12-14(17)5-6-18(24)25)20(27)15-11-13-3-2-4-16(13)22-19(15)26/h11,14,17,21H,2-10,12H2,1H3,(H,22,26)/t14-,17+/m0/s1. The Morgan fingerprint density at radius 2 is 2.11 bits per heavy atom. The summed E-state index contributed by atoms with van der Waals surface area (Å²) in [6.45, 7) is 2.72. The number of carbonyl (C=O) groups is 2. The number of aromatic amines is 1. The summed E-state index contributed by atoms with van der Waals surface area (Å²) in [5.41, 5.74) is 2.10. The van der Waals surface area contributed by atoms with E-state index in [1.165, 1.54) is 0 Å². The third-order valence-corrected chi connectivity index (χ3v) is 6.35. The summed E-state index contributed by atoms with van der Waals surface area (Å²) in [6.07, 6.45) is 5.01. The number of hydrogen-bond donors (Lipinski definition) is 2. The SMILES string of the molecule is CNCCN1C(=O)CC[C@H]2CN(C(=O)c3cc4c([nH]c3=O)CCC4)CC[C@H]21. The van der Waals surface area contributed by atoms with Gasteiger partial charge in [-0.05, 0) is 56.7 Å². The minimum atomic E-state index is -0.266. The van der Waals surface area contributed by atoms with Gasteiger partial charge in [0.15, 0.2) is 0 Å². The Morgan fingerprint density at radius 1 is 1.26 bits per heavy atom. The Hall–Kier alpha value is -2.15. The highest BCUT2D eigenvalue weighted by Crippen LogP contribution is 2.31. The number of pyridine rings is 1. The molecule has 146 valence electrons. The maximum Gasteiger partial charge on any atom is 0.261 e. The summed E-state index contributed by atoms with van der Waals surface area (Å²) >= 11 is 0. The molecular formula is C20H28N4O3. The molecule has 1 aliphatic carbocycles. The molecule has 2 fully saturated rings. The topological polar surface area (TPSA) is 85.5 Å². The van der Waals surface area contributed by atoms with Gasteiger partial charge in [0.1, 0.15) is 5.56 Å². The van der Waals surface area contributed by atoms with E-state index in [9.17, 15) is 14.4 Å². The average molecular weight is 372 g/mol. The zero-order valence-corrected chi connectivity index (χ0v) is 15.9. The van der Waals surface area contributed by atoms with Crippen molar-refractivity contribution in [3.05, 3.63) is 33.2 Å². The van der Waals surface area contributed by atoms with Crippen LogP contribution in [0.3, 0.4) is 0 Å². The first-order chi connectivity index (χ1) is 13.1. The number of carbonyl (C=O) groups excluding carboxylic acids is 2. The number of nitrogens with zero attached hydrogens (tertiary/aromatic N) is 2. The van der Waals surface area contributed by atoms with Crippen molar-refractivity contribution in [3.63, 3.8) is 0 Å². The summed E-state index contributed by atoms with van der Waals surface area (Å²) in [6, 6.07) is 2.01. The molecule has 1 aromatic rings. The quantitative estimate of drug-likeness (QED) is 0.808. The van der Waals surface area contributed by atoms with Crippen LogP contribution in [0.2, 0.25) is 0 Å². The van der Waals surface area contributed by atoms with E-state index in [0.717, 1.165) is 56.5 Å². The van der Waals surface area contributed by atoms with E-state index in [-0.39, 0.29) is 29.0 Å². The van der Waals surface area contributed by atoms with Crippen molar-refractivity contribution < 1.29 is 9.59 Å². The van der Waals surface area contributed by atoms with Crippen LogP contribution in [0.5, 0.6) is 0 Å². The first-order valence-corrected chi connectivity index (χ1v) is 10.1. The van der Waals surface area contributed by atoms with E-state index < -0.39 is 0 Å². The maximum absolute atomic E-state index is 13.0. The van der Waals surface area contributed by atoms with Crippen LogP contribution in [-0.2, 0) is 17.6 Å². The maximum atomic E-state index is 13.0. The van der Waals surface area contributed by atoms with Crippen LogP contribution in [0.25, 0.3) is 0 Å².